The molecule has 0 aliphatic carbocycles. The molecule has 1 aromatic carbocycles. The molecule has 0 atom stereocenters. The number of halogens is 3. The number of hydrogen-bond donors (Lipinski definition) is 2. The van der Waals surface area contributed by atoms with E-state index >= 15 is 0 Å². The van der Waals surface area contributed by atoms with E-state index in [9.17, 15) is 18.0 Å². The lowest BCUT2D eigenvalue weighted by Gasteiger charge is -2.12. The molecule has 0 unspecified atom stereocenters. The molecule has 5 nitrogen and oxygen atoms in total. The second kappa shape index (κ2) is 7.78. The normalized spacial score (nSPS) is 11.2. The first-order chi connectivity index (χ1) is 11.4. The van der Waals surface area contributed by atoms with Crippen molar-refractivity contribution in [1.82, 2.24) is 10.3 Å². The highest BCUT2D eigenvalue weighted by atomic mass is 19.4. The maximum Gasteiger partial charge on any atom is 0.422 e. The predicted octanol–water partition coefficient (Wildman–Crippen LogP) is 2.41. The molecule has 0 aliphatic rings. The van der Waals surface area contributed by atoms with E-state index in [-0.39, 0.29) is 18.3 Å². The van der Waals surface area contributed by atoms with Gasteiger partial charge >= 0.3 is 6.18 Å². The molecule has 2 rings (SSSR count). The van der Waals surface area contributed by atoms with Crippen LogP contribution in [0.5, 0.6) is 5.88 Å². The highest BCUT2D eigenvalue weighted by Crippen LogP contribution is 2.20. The van der Waals surface area contributed by atoms with Crippen LogP contribution in [0.25, 0.3) is 0 Å². The molecule has 0 bridgehead atoms. The van der Waals surface area contributed by atoms with Crippen molar-refractivity contribution in [2.75, 3.05) is 6.61 Å². The number of nitrogens with one attached hydrogen (secondary N) is 1. The third kappa shape index (κ3) is 5.24. The quantitative estimate of drug-likeness (QED) is 0.847. The SMILES string of the molecule is NCc1ccc(C(=O)NCc2cccnc2OCC(F)(F)F)cc1. The van der Waals surface area contributed by atoms with Crippen molar-refractivity contribution in [2.24, 2.45) is 5.73 Å². The first kappa shape index (κ1) is 17.7. The average Bonchev–Trinajstić information content (AvgIpc) is 2.58. The first-order valence-corrected chi connectivity index (χ1v) is 7.09. The Morgan fingerprint density at radius 1 is 1.21 bits per heavy atom. The topological polar surface area (TPSA) is 77.2 Å². The standard InChI is InChI=1S/C16H16F3N3O2/c17-16(18,19)10-24-15-13(2-1-7-21-15)9-22-14(23)12-5-3-11(8-20)4-6-12/h1-7H,8-10,20H2,(H,22,23). The summed E-state index contributed by atoms with van der Waals surface area (Å²) in [4.78, 5) is 15.8. The molecule has 0 fully saturated rings. The summed E-state index contributed by atoms with van der Waals surface area (Å²) < 4.78 is 41.4. The number of rotatable bonds is 6. The van der Waals surface area contributed by atoms with Crippen LogP contribution in [0.15, 0.2) is 42.6 Å². The fourth-order valence-electron chi connectivity index (χ4n) is 1.91. The number of ether oxygens (including phenoxy) is 1. The summed E-state index contributed by atoms with van der Waals surface area (Å²) in [6.45, 7) is -1.07. The van der Waals surface area contributed by atoms with Gasteiger partial charge in [0.2, 0.25) is 5.88 Å². The molecule has 0 radical (unpaired) electrons. The van der Waals surface area contributed by atoms with E-state index < -0.39 is 12.8 Å². The monoisotopic (exact) mass is 339 g/mol. The fraction of sp³-hybridized carbons (Fsp3) is 0.250. The Kier molecular flexibility index (Phi) is 5.75. The molecule has 8 heteroatoms. The van der Waals surface area contributed by atoms with Crippen LogP contribution in [0.2, 0.25) is 0 Å². The second-order valence-electron chi connectivity index (χ2n) is 4.96. The number of nitrogens with zero attached hydrogens (tertiary/aromatic N) is 1. The Labute approximate surface area is 136 Å². The van der Waals surface area contributed by atoms with Crippen molar-refractivity contribution < 1.29 is 22.7 Å². The minimum absolute atomic E-state index is 0.00148. The number of hydrogen-bond acceptors (Lipinski definition) is 4. The van der Waals surface area contributed by atoms with Gasteiger partial charge < -0.3 is 15.8 Å². The highest BCUT2D eigenvalue weighted by molar-refractivity contribution is 5.94. The Morgan fingerprint density at radius 3 is 2.54 bits per heavy atom. The third-order valence-corrected chi connectivity index (χ3v) is 3.11. The van der Waals surface area contributed by atoms with Crippen LogP contribution < -0.4 is 15.8 Å². The zero-order valence-electron chi connectivity index (χ0n) is 12.6. The molecule has 1 aromatic heterocycles. The van der Waals surface area contributed by atoms with E-state index in [1.165, 1.54) is 12.3 Å². The van der Waals surface area contributed by atoms with Crippen LogP contribution in [0.4, 0.5) is 13.2 Å². The highest BCUT2D eigenvalue weighted by Gasteiger charge is 2.29. The maximum atomic E-state index is 12.2. The third-order valence-electron chi connectivity index (χ3n) is 3.11. The van der Waals surface area contributed by atoms with Crippen molar-refractivity contribution in [3.8, 4) is 5.88 Å². The Balaban J connectivity index is 1.99. The van der Waals surface area contributed by atoms with Gasteiger partial charge in [-0.1, -0.05) is 18.2 Å². The largest absolute Gasteiger partial charge is 0.468 e. The molecular formula is C16H16F3N3O2. The van der Waals surface area contributed by atoms with E-state index in [1.54, 1.807) is 30.3 Å². The summed E-state index contributed by atoms with van der Waals surface area (Å²) in [6.07, 6.45) is -3.13. The summed E-state index contributed by atoms with van der Waals surface area (Å²) in [5, 5.41) is 2.62. The molecular weight excluding hydrogens is 323 g/mol. The molecule has 0 aliphatic heterocycles. The number of aromatic nitrogens is 1. The van der Waals surface area contributed by atoms with Gasteiger partial charge in [0, 0.05) is 30.4 Å². The zero-order chi connectivity index (χ0) is 17.6. The molecule has 2 aromatic rings. The molecule has 0 spiro atoms. The molecule has 0 saturated heterocycles. The number of pyridine rings is 1. The number of benzene rings is 1. The van der Waals surface area contributed by atoms with Crippen LogP contribution in [-0.2, 0) is 13.1 Å². The summed E-state index contributed by atoms with van der Waals surface area (Å²) in [7, 11) is 0. The molecule has 1 amide bonds. The minimum atomic E-state index is -4.46. The Hall–Kier alpha value is -2.61. The fourth-order valence-corrected chi connectivity index (χ4v) is 1.91. The second-order valence-corrected chi connectivity index (χ2v) is 4.96. The van der Waals surface area contributed by atoms with Crippen LogP contribution in [0, 0.1) is 0 Å². The molecule has 24 heavy (non-hydrogen) atoms. The summed E-state index contributed by atoms with van der Waals surface area (Å²) in [5.41, 5.74) is 7.16. The van der Waals surface area contributed by atoms with Gasteiger partial charge in [-0.05, 0) is 23.8 Å². The smallest absolute Gasteiger partial charge is 0.422 e. The van der Waals surface area contributed by atoms with E-state index in [0.717, 1.165) is 5.56 Å². The number of nitrogens with two attached hydrogens (primary N) is 1. The lowest BCUT2D eigenvalue weighted by molar-refractivity contribution is -0.154. The van der Waals surface area contributed by atoms with Crippen molar-refractivity contribution in [3.63, 3.8) is 0 Å². The van der Waals surface area contributed by atoms with Crippen LogP contribution in [-0.4, -0.2) is 23.7 Å². The lowest BCUT2D eigenvalue weighted by atomic mass is 10.1. The van der Waals surface area contributed by atoms with Crippen LogP contribution >= 0.6 is 0 Å². The molecule has 0 saturated carbocycles. The van der Waals surface area contributed by atoms with Crippen molar-refractivity contribution in [2.45, 2.75) is 19.3 Å². The van der Waals surface area contributed by atoms with E-state index in [2.05, 4.69) is 15.0 Å². The van der Waals surface area contributed by atoms with Gasteiger partial charge in [0.05, 0.1) is 0 Å². The zero-order valence-corrected chi connectivity index (χ0v) is 12.6. The van der Waals surface area contributed by atoms with Gasteiger partial charge in [-0.15, -0.1) is 0 Å². The van der Waals surface area contributed by atoms with Gasteiger partial charge in [-0.25, -0.2) is 4.98 Å². The maximum absolute atomic E-state index is 12.2. The van der Waals surface area contributed by atoms with Gasteiger partial charge in [0.1, 0.15) is 0 Å². The first-order valence-electron chi connectivity index (χ1n) is 7.09. The van der Waals surface area contributed by atoms with Gasteiger partial charge in [0.15, 0.2) is 6.61 Å². The van der Waals surface area contributed by atoms with Gasteiger partial charge in [0.25, 0.3) is 5.91 Å². The van der Waals surface area contributed by atoms with E-state index in [1.807, 2.05) is 0 Å². The van der Waals surface area contributed by atoms with Crippen LogP contribution in [0.1, 0.15) is 21.5 Å². The summed E-state index contributed by atoms with van der Waals surface area (Å²) in [5.74, 6) is -0.516. The number of amides is 1. The minimum Gasteiger partial charge on any atom is -0.468 e. The van der Waals surface area contributed by atoms with Gasteiger partial charge in [-0.2, -0.15) is 13.2 Å². The summed E-state index contributed by atoms with van der Waals surface area (Å²) in [6, 6.07) is 9.81. The average molecular weight is 339 g/mol. The van der Waals surface area contributed by atoms with Crippen molar-refractivity contribution in [1.29, 1.82) is 0 Å². The predicted molar refractivity (Wildman–Crippen MR) is 81.3 cm³/mol. The van der Waals surface area contributed by atoms with E-state index in [4.69, 9.17) is 5.73 Å². The van der Waals surface area contributed by atoms with Gasteiger partial charge in [-0.3, -0.25) is 4.79 Å². The van der Waals surface area contributed by atoms with Crippen LogP contribution in [0.3, 0.4) is 0 Å². The molecule has 1 heterocycles. The Bertz CT molecular complexity index is 688. The number of carbonyl (C=O) groups is 1. The lowest BCUT2D eigenvalue weighted by Crippen LogP contribution is -2.24. The van der Waals surface area contributed by atoms with E-state index in [0.29, 0.717) is 17.7 Å². The number of carbonyl (C=O) groups excluding carboxylic acids is 1. The molecule has 3 N–H and O–H groups in total. The Morgan fingerprint density at radius 2 is 1.92 bits per heavy atom. The molecule has 128 valence electrons. The van der Waals surface area contributed by atoms with Crippen molar-refractivity contribution >= 4 is 5.91 Å². The van der Waals surface area contributed by atoms with Crippen molar-refractivity contribution in [3.05, 3.63) is 59.3 Å². The summed E-state index contributed by atoms with van der Waals surface area (Å²) >= 11 is 0. The number of alkyl halides is 3.